The SMILES string of the molecule is CCc1nnc(CN2CC[C@H](n3cnc4c3CCCC4)C2)s1. The quantitative estimate of drug-likeness (QED) is 0.870. The Kier molecular flexibility index (Phi) is 3.96. The zero-order valence-electron chi connectivity index (χ0n) is 13.2. The van der Waals surface area contributed by atoms with Crippen molar-refractivity contribution in [2.75, 3.05) is 13.1 Å². The average Bonchev–Trinajstić information content (AvgIpc) is 3.26. The first-order chi connectivity index (χ1) is 10.8. The first-order valence-corrected chi connectivity index (χ1v) is 9.23. The summed E-state index contributed by atoms with van der Waals surface area (Å²) in [4.78, 5) is 7.16. The fraction of sp³-hybridized carbons (Fsp3) is 0.688. The molecule has 22 heavy (non-hydrogen) atoms. The lowest BCUT2D eigenvalue weighted by molar-refractivity contribution is 0.313. The predicted octanol–water partition coefficient (Wildman–Crippen LogP) is 2.62. The van der Waals surface area contributed by atoms with Crippen LogP contribution in [-0.2, 0) is 25.8 Å². The average molecular weight is 317 g/mol. The van der Waals surface area contributed by atoms with Crippen LogP contribution in [0.3, 0.4) is 0 Å². The van der Waals surface area contributed by atoms with Crippen molar-refractivity contribution in [1.82, 2.24) is 24.6 Å². The molecule has 1 aliphatic carbocycles. The zero-order valence-corrected chi connectivity index (χ0v) is 14.0. The van der Waals surface area contributed by atoms with Gasteiger partial charge in [-0.2, -0.15) is 0 Å². The molecule has 1 fully saturated rings. The maximum Gasteiger partial charge on any atom is 0.131 e. The molecule has 0 radical (unpaired) electrons. The van der Waals surface area contributed by atoms with E-state index in [1.807, 2.05) is 0 Å². The van der Waals surface area contributed by atoms with Crippen molar-refractivity contribution < 1.29 is 0 Å². The molecule has 4 rings (SSSR count). The van der Waals surface area contributed by atoms with Crippen molar-refractivity contribution in [3.8, 4) is 0 Å². The summed E-state index contributed by atoms with van der Waals surface area (Å²) < 4.78 is 2.46. The highest BCUT2D eigenvalue weighted by Crippen LogP contribution is 2.29. The Morgan fingerprint density at radius 3 is 2.95 bits per heavy atom. The van der Waals surface area contributed by atoms with Crippen LogP contribution in [0.1, 0.15) is 53.6 Å². The van der Waals surface area contributed by atoms with Gasteiger partial charge in [0, 0.05) is 24.8 Å². The predicted molar refractivity (Wildman–Crippen MR) is 87.1 cm³/mol. The van der Waals surface area contributed by atoms with E-state index in [4.69, 9.17) is 0 Å². The van der Waals surface area contributed by atoms with Crippen molar-refractivity contribution in [3.05, 3.63) is 27.7 Å². The van der Waals surface area contributed by atoms with Crippen LogP contribution in [0.15, 0.2) is 6.33 Å². The molecule has 0 N–H and O–H groups in total. The Bertz CT molecular complexity index is 647. The van der Waals surface area contributed by atoms with E-state index >= 15 is 0 Å². The van der Waals surface area contributed by atoms with Gasteiger partial charge in [0.15, 0.2) is 0 Å². The molecule has 3 heterocycles. The molecule has 0 amide bonds. The van der Waals surface area contributed by atoms with E-state index in [9.17, 15) is 0 Å². The highest BCUT2D eigenvalue weighted by atomic mass is 32.1. The third-order valence-corrected chi connectivity index (χ3v) is 5.92. The van der Waals surface area contributed by atoms with Gasteiger partial charge in [-0.05, 0) is 38.5 Å². The molecule has 2 aromatic heterocycles. The molecular formula is C16H23N5S. The second-order valence-electron chi connectivity index (χ2n) is 6.37. The number of aryl methyl sites for hydroxylation is 2. The van der Waals surface area contributed by atoms with E-state index in [1.165, 1.54) is 43.5 Å². The highest BCUT2D eigenvalue weighted by molar-refractivity contribution is 7.11. The molecule has 2 aliphatic rings. The van der Waals surface area contributed by atoms with Crippen LogP contribution in [0.25, 0.3) is 0 Å². The molecule has 1 atom stereocenters. The molecular weight excluding hydrogens is 294 g/mol. The topological polar surface area (TPSA) is 46.8 Å². The van der Waals surface area contributed by atoms with Crippen LogP contribution in [0.4, 0.5) is 0 Å². The number of likely N-dealkylation sites (tertiary alicyclic amines) is 1. The van der Waals surface area contributed by atoms with Gasteiger partial charge in [-0.15, -0.1) is 21.5 Å². The maximum absolute atomic E-state index is 4.65. The molecule has 1 saturated heterocycles. The van der Waals surface area contributed by atoms with Gasteiger partial charge in [0.2, 0.25) is 0 Å². The first kappa shape index (κ1) is 14.3. The zero-order chi connectivity index (χ0) is 14.9. The van der Waals surface area contributed by atoms with Gasteiger partial charge in [-0.1, -0.05) is 6.92 Å². The van der Waals surface area contributed by atoms with Crippen LogP contribution < -0.4 is 0 Å². The van der Waals surface area contributed by atoms with Gasteiger partial charge in [-0.3, -0.25) is 4.90 Å². The summed E-state index contributed by atoms with van der Waals surface area (Å²) in [5.41, 5.74) is 2.85. The summed E-state index contributed by atoms with van der Waals surface area (Å²) in [6, 6.07) is 0.591. The molecule has 118 valence electrons. The number of hydrogen-bond donors (Lipinski definition) is 0. The van der Waals surface area contributed by atoms with Crippen LogP contribution in [-0.4, -0.2) is 37.7 Å². The molecule has 6 heteroatoms. The van der Waals surface area contributed by atoms with Gasteiger partial charge < -0.3 is 4.57 Å². The number of hydrogen-bond acceptors (Lipinski definition) is 5. The largest absolute Gasteiger partial charge is 0.330 e. The summed E-state index contributed by atoms with van der Waals surface area (Å²) in [6.45, 7) is 5.35. The molecule has 0 spiro atoms. The second-order valence-corrected chi connectivity index (χ2v) is 7.52. The van der Waals surface area contributed by atoms with Crippen LogP contribution >= 0.6 is 11.3 Å². The summed E-state index contributed by atoms with van der Waals surface area (Å²) in [7, 11) is 0. The molecule has 0 unspecified atom stereocenters. The number of nitrogens with zero attached hydrogens (tertiary/aromatic N) is 5. The lowest BCUT2D eigenvalue weighted by Gasteiger charge is -2.19. The van der Waals surface area contributed by atoms with Gasteiger partial charge in [0.05, 0.1) is 18.6 Å². The molecule has 0 saturated carbocycles. The lowest BCUT2D eigenvalue weighted by Crippen LogP contribution is -2.22. The number of imidazole rings is 1. The standard InChI is InChI=1S/C16H23N5S/c1-2-15-18-19-16(22-15)10-20-8-7-12(9-20)21-11-17-13-5-3-4-6-14(13)21/h11-12H,2-10H2,1H3/t12-/m0/s1. The number of rotatable bonds is 4. The van der Waals surface area contributed by atoms with Gasteiger partial charge in [0.1, 0.15) is 10.0 Å². The van der Waals surface area contributed by atoms with Crippen molar-refractivity contribution in [3.63, 3.8) is 0 Å². The molecule has 5 nitrogen and oxygen atoms in total. The molecule has 1 aliphatic heterocycles. The maximum atomic E-state index is 4.65. The Morgan fingerprint density at radius 2 is 2.09 bits per heavy atom. The normalized spacial score (nSPS) is 22.1. The fourth-order valence-electron chi connectivity index (χ4n) is 3.68. The fourth-order valence-corrected chi connectivity index (χ4v) is 4.50. The van der Waals surface area contributed by atoms with Crippen LogP contribution in [0, 0.1) is 0 Å². The number of fused-ring (bicyclic) bond motifs is 1. The van der Waals surface area contributed by atoms with Crippen molar-refractivity contribution in [1.29, 1.82) is 0 Å². The minimum Gasteiger partial charge on any atom is -0.330 e. The van der Waals surface area contributed by atoms with E-state index in [2.05, 4.69) is 37.9 Å². The first-order valence-electron chi connectivity index (χ1n) is 8.41. The lowest BCUT2D eigenvalue weighted by atomic mass is 10.0. The van der Waals surface area contributed by atoms with E-state index in [1.54, 1.807) is 11.3 Å². The Labute approximate surface area is 135 Å². The summed E-state index contributed by atoms with van der Waals surface area (Å²) >= 11 is 1.76. The molecule has 0 aromatic carbocycles. The van der Waals surface area contributed by atoms with E-state index < -0.39 is 0 Å². The smallest absolute Gasteiger partial charge is 0.131 e. The Balaban J connectivity index is 1.43. The molecule has 0 bridgehead atoms. The van der Waals surface area contributed by atoms with Gasteiger partial charge in [-0.25, -0.2) is 4.98 Å². The third-order valence-electron chi connectivity index (χ3n) is 4.87. The Hall–Kier alpha value is -1.27. The third kappa shape index (κ3) is 2.70. The Morgan fingerprint density at radius 1 is 1.23 bits per heavy atom. The van der Waals surface area contributed by atoms with E-state index in [0.29, 0.717) is 6.04 Å². The monoisotopic (exact) mass is 317 g/mol. The van der Waals surface area contributed by atoms with Crippen molar-refractivity contribution in [2.45, 2.75) is 58.0 Å². The van der Waals surface area contributed by atoms with Crippen LogP contribution in [0.5, 0.6) is 0 Å². The summed E-state index contributed by atoms with van der Waals surface area (Å²) in [5, 5.41) is 10.9. The van der Waals surface area contributed by atoms with E-state index in [-0.39, 0.29) is 0 Å². The minimum absolute atomic E-state index is 0.591. The highest BCUT2D eigenvalue weighted by Gasteiger charge is 2.27. The molecule has 2 aromatic rings. The van der Waals surface area contributed by atoms with Crippen molar-refractivity contribution in [2.24, 2.45) is 0 Å². The van der Waals surface area contributed by atoms with E-state index in [0.717, 1.165) is 36.1 Å². The van der Waals surface area contributed by atoms with Crippen LogP contribution in [0.2, 0.25) is 0 Å². The number of aromatic nitrogens is 4. The minimum atomic E-state index is 0.591. The van der Waals surface area contributed by atoms with Gasteiger partial charge in [0.25, 0.3) is 0 Å². The summed E-state index contributed by atoms with van der Waals surface area (Å²) in [6.07, 6.45) is 9.30. The van der Waals surface area contributed by atoms with Gasteiger partial charge >= 0.3 is 0 Å². The summed E-state index contributed by atoms with van der Waals surface area (Å²) in [5.74, 6) is 0. The van der Waals surface area contributed by atoms with Crippen molar-refractivity contribution >= 4 is 11.3 Å². The second kappa shape index (κ2) is 6.08.